The molecule has 0 spiro atoms. The highest BCUT2D eigenvalue weighted by atomic mass is 16.5. The molecule has 0 aliphatic heterocycles. The topological polar surface area (TPSA) is 110 Å². The van der Waals surface area contributed by atoms with Gasteiger partial charge < -0.3 is 20.3 Å². The maximum absolute atomic E-state index is 12.7. The molecular formula is C26H25N4O4. The van der Waals surface area contributed by atoms with Crippen LogP contribution in [-0.4, -0.2) is 37.4 Å². The van der Waals surface area contributed by atoms with E-state index in [1.54, 1.807) is 59.2 Å². The molecule has 3 aromatic carbocycles. The van der Waals surface area contributed by atoms with Crippen LogP contribution in [0.15, 0.2) is 60.7 Å². The lowest BCUT2D eigenvalue weighted by atomic mass is 9.98. The summed E-state index contributed by atoms with van der Waals surface area (Å²) in [4.78, 5) is 12.7. The van der Waals surface area contributed by atoms with Crippen molar-refractivity contribution in [3.05, 3.63) is 78.1 Å². The van der Waals surface area contributed by atoms with Crippen LogP contribution < -0.4 is 10.1 Å². The van der Waals surface area contributed by atoms with E-state index in [1.807, 2.05) is 20.8 Å². The number of aromatic nitrogens is 3. The standard InChI is InChI=1S/C26H25N4O4/c1-4-27-26(33)25-29-28-24(21-14-20(16(2)3)22(31)15-23(21)32)30(25)17-10-12-19(13-11-17)34-18-8-6-5-7-9-18/h6-16,31-32H,4H2,1-3H3,(H,27,33). The average Bonchev–Trinajstić information content (AvgIpc) is 3.25. The van der Waals surface area contributed by atoms with Gasteiger partial charge in [-0.3, -0.25) is 9.36 Å². The minimum Gasteiger partial charge on any atom is -0.508 e. The monoisotopic (exact) mass is 457 g/mol. The predicted molar refractivity (Wildman–Crippen MR) is 128 cm³/mol. The Morgan fingerprint density at radius 1 is 1.03 bits per heavy atom. The second kappa shape index (κ2) is 9.66. The summed E-state index contributed by atoms with van der Waals surface area (Å²) in [5.74, 6) is 1.06. The molecule has 4 rings (SSSR count). The van der Waals surface area contributed by atoms with Crippen molar-refractivity contribution in [3.8, 4) is 40.1 Å². The number of hydrogen-bond acceptors (Lipinski definition) is 6. The van der Waals surface area contributed by atoms with Gasteiger partial charge in [0.25, 0.3) is 5.91 Å². The third-order valence-corrected chi connectivity index (χ3v) is 5.23. The first-order valence-corrected chi connectivity index (χ1v) is 10.9. The van der Waals surface area contributed by atoms with E-state index in [2.05, 4.69) is 21.6 Å². The Labute approximate surface area is 197 Å². The zero-order valence-corrected chi connectivity index (χ0v) is 19.1. The highest BCUT2D eigenvalue weighted by Crippen LogP contribution is 2.38. The van der Waals surface area contributed by atoms with Gasteiger partial charge in [0.15, 0.2) is 5.82 Å². The van der Waals surface area contributed by atoms with Gasteiger partial charge in [0.2, 0.25) is 5.82 Å². The van der Waals surface area contributed by atoms with E-state index in [0.29, 0.717) is 34.9 Å². The lowest BCUT2D eigenvalue weighted by Gasteiger charge is -2.15. The van der Waals surface area contributed by atoms with Crippen molar-refractivity contribution >= 4 is 5.91 Å². The molecule has 0 unspecified atom stereocenters. The number of carbonyl (C=O) groups excluding carboxylic acids is 1. The van der Waals surface area contributed by atoms with Crippen LogP contribution in [-0.2, 0) is 0 Å². The van der Waals surface area contributed by atoms with Crippen molar-refractivity contribution in [1.29, 1.82) is 0 Å². The van der Waals surface area contributed by atoms with Gasteiger partial charge in [0.05, 0.1) is 5.56 Å². The molecule has 0 aliphatic rings. The average molecular weight is 458 g/mol. The lowest BCUT2D eigenvalue weighted by Crippen LogP contribution is -2.26. The second-order valence-electron chi connectivity index (χ2n) is 7.96. The number of phenols is 2. The van der Waals surface area contributed by atoms with Crippen molar-refractivity contribution in [2.24, 2.45) is 0 Å². The summed E-state index contributed by atoms with van der Waals surface area (Å²) < 4.78 is 7.42. The first-order chi connectivity index (χ1) is 16.4. The van der Waals surface area contributed by atoms with E-state index < -0.39 is 5.91 Å². The minimum atomic E-state index is -0.399. The van der Waals surface area contributed by atoms with Gasteiger partial charge in [-0.25, -0.2) is 0 Å². The maximum Gasteiger partial charge on any atom is 0.289 e. The summed E-state index contributed by atoms with van der Waals surface area (Å²) >= 11 is 0. The number of ether oxygens (including phenoxy) is 1. The molecule has 8 heteroatoms. The number of hydrogen-bond donors (Lipinski definition) is 3. The molecule has 34 heavy (non-hydrogen) atoms. The maximum atomic E-state index is 12.7. The molecule has 173 valence electrons. The zero-order valence-electron chi connectivity index (χ0n) is 19.1. The summed E-state index contributed by atoms with van der Waals surface area (Å²) in [6.45, 7) is 6.10. The summed E-state index contributed by atoms with van der Waals surface area (Å²) in [6.07, 6.45) is 0. The fourth-order valence-electron chi connectivity index (χ4n) is 3.56. The molecule has 0 saturated heterocycles. The van der Waals surface area contributed by atoms with Gasteiger partial charge in [-0.05, 0) is 66.9 Å². The Morgan fingerprint density at radius 2 is 1.71 bits per heavy atom. The lowest BCUT2D eigenvalue weighted by molar-refractivity contribution is 0.0943. The first-order valence-electron chi connectivity index (χ1n) is 10.9. The molecule has 0 fully saturated rings. The summed E-state index contributed by atoms with van der Waals surface area (Å²) in [6, 6.07) is 20.1. The number of nitrogens with one attached hydrogen (secondary N) is 1. The highest BCUT2D eigenvalue weighted by Gasteiger charge is 2.24. The highest BCUT2D eigenvalue weighted by molar-refractivity contribution is 5.92. The van der Waals surface area contributed by atoms with Crippen molar-refractivity contribution in [2.75, 3.05) is 6.54 Å². The molecule has 0 bridgehead atoms. The van der Waals surface area contributed by atoms with Crippen molar-refractivity contribution in [3.63, 3.8) is 0 Å². The second-order valence-corrected chi connectivity index (χ2v) is 7.96. The van der Waals surface area contributed by atoms with Crippen molar-refractivity contribution in [1.82, 2.24) is 20.1 Å². The predicted octanol–water partition coefficient (Wildman–Crippen LogP) is 4.81. The molecule has 1 aromatic heterocycles. The van der Waals surface area contributed by atoms with Crippen LogP contribution in [0, 0.1) is 6.07 Å². The Hall–Kier alpha value is -4.33. The van der Waals surface area contributed by atoms with Crippen LogP contribution >= 0.6 is 0 Å². The van der Waals surface area contributed by atoms with Gasteiger partial charge in [-0.2, -0.15) is 0 Å². The molecule has 0 atom stereocenters. The molecule has 1 heterocycles. The summed E-state index contributed by atoms with van der Waals surface area (Å²) in [5, 5.41) is 31.9. The molecule has 1 amide bonds. The molecule has 0 saturated carbocycles. The van der Waals surface area contributed by atoms with Crippen LogP contribution in [0.5, 0.6) is 23.0 Å². The zero-order chi connectivity index (χ0) is 24.2. The smallest absolute Gasteiger partial charge is 0.289 e. The SMILES string of the molecule is CCNC(=O)c1nnc(-c2cc(C(C)C)c(O)cc2O)n1-c1ccc(Oc2cc[c]cc2)cc1. The molecule has 3 N–H and O–H groups in total. The van der Waals surface area contributed by atoms with Crippen LogP contribution in [0.4, 0.5) is 0 Å². The van der Waals surface area contributed by atoms with Crippen molar-refractivity contribution in [2.45, 2.75) is 26.7 Å². The summed E-state index contributed by atoms with van der Waals surface area (Å²) in [5.41, 5.74) is 1.60. The Kier molecular flexibility index (Phi) is 6.49. The number of nitrogens with zero attached hydrogens (tertiary/aromatic N) is 3. The van der Waals surface area contributed by atoms with Crippen LogP contribution in [0.25, 0.3) is 17.1 Å². The van der Waals surface area contributed by atoms with E-state index in [0.717, 1.165) is 0 Å². The van der Waals surface area contributed by atoms with Crippen molar-refractivity contribution < 1.29 is 19.7 Å². The Morgan fingerprint density at radius 3 is 2.35 bits per heavy atom. The van der Waals surface area contributed by atoms with E-state index in [9.17, 15) is 15.0 Å². The third kappa shape index (κ3) is 4.56. The molecule has 0 aliphatic carbocycles. The van der Waals surface area contributed by atoms with E-state index >= 15 is 0 Å². The number of rotatable bonds is 7. The van der Waals surface area contributed by atoms with Gasteiger partial charge in [-0.1, -0.05) is 26.0 Å². The number of aromatic hydroxyl groups is 2. The van der Waals surface area contributed by atoms with Gasteiger partial charge >= 0.3 is 0 Å². The first kappa shape index (κ1) is 22.8. The Bertz CT molecular complexity index is 1300. The third-order valence-electron chi connectivity index (χ3n) is 5.23. The molecule has 8 nitrogen and oxygen atoms in total. The number of phenolic OH excluding ortho intramolecular Hbond substituents is 2. The molecule has 1 radical (unpaired) electrons. The van der Waals surface area contributed by atoms with Gasteiger partial charge in [0, 0.05) is 18.3 Å². The molecular weight excluding hydrogens is 432 g/mol. The fraction of sp³-hybridized carbons (Fsp3) is 0.192. The number of amides is 1. The number of benzene rings is 3. The normalized spacial score (nSPS) is 10.9. The number of carbonyl (C=O) groups is 1. The fourth-order valence-corrected chi connectivity index (χ4v) is 3.56. The summed E-state index contributed by atoms with van der Waals surface area (Å²) in [7, 11) is 0. The quantitative estimate of drug-likeness (QED) is 0.367. The minimum absolute atomic E-state index is 0.00519. The van der Waals surface area contributed by atoms with E-state index in [1.165, 1.54) is 6.07 Å². The van der Waals surface area contributed by atoms with E-state index in [4.69, 9.17) is 4.74 Å². The van der Waals surface area contributed by atoms with Crippen LogP contribution in [0.3, 0.4) is 0 Å². The van der Waals surface area contributed by atoms with Crippen LogP contribution in [0.1, 0.15) is 42.9 Å². The van der Waals surface area contributed by atoms with Gasteiger partial charge in [-0.15, -0.1) is 10.2 Å². The Balaban J connectivity index is 1.81. The largest absolute Gasteiger partial charge is 0.508 e. The van der Waals surface area contributed by atoms with Crippen LogP contribution in [0.2, 0.25) is 0 Å². The van der Waals surface area contributed by atoms with Gasteiger partial charge in [0.1, 0.15) is 23.0 Å². The van der Waals surface area contributed by atoms with E-state index in [-0.39, 0.29) is 29.1 Å². The molecule has 4 aromatic rings.